The van der Waals surface area contributed by atoms with E-state index in [0.29, 0.717) is 6.61 Å². The van der Waals surface area contributed by atoms with Crippen LogP contribution in [0.25, 0.3) is 16.9 Å². The lowest BCUT2D eigenvalue weighted by Gasteiger charge is -2.15. The fourth-order valence-corrected chi connectivity index (χ4v) is 2.59. The molecule has 0 spiro atoms. The monoisotopic (exact) mass is 278 g/mol. The van der Waals surface area contributed by atoms with E-state index in [9.17, 15) is 0 Å². The van der Waals surface area contributed by atoms with Crippen LogP contribution in [0.4, 0.5) is 0 Å². The lowest BCUT2D eigenvalue weighted by molar-refractivity contribution is 0.180. The topological polar surface area (TPSA) is 27.1 Å². The van der Waals surface area contributed by atoms with Crippen LogP contribution in [0, 0.1) is 6.92 Å². The molecule has 0 bridgehead atoms. The fourth-order valence-electron chi connectivity index (χ4n) is 2.59. The summed E-state index contributed by atoms with van der Waals surface area (Å²) in [4.78, 5) is 4.10. The summed E-state index contributed by atoms with van der Waals surface area (Å²) in [6.07, 6.45) is 3.64. The highest BCUT2D eigenvalue weighted by molar-refractivity contribution is 5.64. The van der Waals surface area contributed by atoms with Crippen molar-refractivity contribution in [3.63, 3.8) is 0 Å². The maximum atomic E-state index is 5.35. The number of nitrogens with zero attached hydrogens (tertiary/aromatic N) is 2. The predicted octanol–water partition coefficient (Wildman–Crippen LogP) is 3.99. The minimum Gasteiger partial charge on any atom is -0.378 e. The molecule has 3 heteroatoms. The van der Waals surface area contributed by atoms with Crippen LogP contribution in [0.15, 0.2) is 60.9 Å². The molecule has 3 nitrogen and oxygen atoms in total. The molecule has 0 radical (unpaired) electrons. The molecule has 3 aromatic rings. The molecule has 0 N–H and O–H groups in total. The van der Waals surface area contributed by atoms with E-state index >= 15 is 0 Å². The third-order valence-corrected chi connectivity index (χ3v) is 3.59. The van der Waals surface area contributed by atoms with E-state index in [1.807, 2.05) is 24.5 Å². The van der Waals surface area contributed by atoms with Gasteiger partial charge in [-0.1, -0.05) is 18.2 Å². The van der Waals surface area contributed by atoms with E-state index in [2.05, 4.69) is 52.9 Å². The standard InChI is InChI=1S/C18H18N2O/c1-14-5-3-4-6-17(14)20-16(13-21-2)7-8-18(20)15-9-11-19-12-10-15/h3-12H,13H2,1-2H3. The van der Waals surface area contributed by atoms with Gasteiger partial charge in [0.15, 0.2) is 0 Å². The Hall–Kier alpha value is -2.39. The average molecular weight is 278 g/mol. The van der Waals surface area contributed by atoms with Crippen LogP contribution in [0.3, 0.4) is 0 Å². The normalized spacial score (nSPS) is 10.8. The number of aryl methyl sites for hydroxylation is 1. The van der Waals surface area contributed by atoms with Crippen LogP contribution in [0.1, 0.15) is 11.3 Å². The Kier molecular flexibility index (Phi) is 3.84. The highest BCUT2D eigenvalue weighted by Gasteiger charge is 2.13. The van der Waals surface area contributed by atoms with Crippen LogP contribution < -0.4 is 0 Å². The number of aromatic nitrogens is 2. The molecule has 0 atom stereocenters. The molecule has 0 fully saturated rings. The van der Waals surface area contributed by atoms with Crippen LogP contribution in [0.2, 0.25) is 0 Å². The molecule has 2 heterocycles. The highest BCUT2D eigenvalue weighted by Crippen LogP contribution is 2.28. The highest BCUT2D eigenvalue weighted by atomic mass is 16.5. The first-order valence-corrected chi connectivity index (χ1v) is 6.97. The van der Waals surface area contributed by atoms with Crippen LogP contribution in [-0.2, 0) is 11.3 Å². The smallest absolute Gasteiger partial charge is 0.0867 e. The van der Waals surface area contributed by atoms with E-state index in [-0.39, 0.29) is 0 Å². The van der Waals surface area contributed by atoms with Crippen molar-refractivity contribution < 1.29 is 4.74 Å². The van der Waals surface area contributed by atoms with Gasteiger partial charge in [0.05, 0.1) is 12.3 Å². The van der Waals surface area contributed by atoms with Crippen molar-refractivity contribution in [2.75, 3.05) is 7.11 Å². The Labute approximate surface area is 124 Å². The molecular weight excluding hydrogens is 260 g/mol. The summed E-state index contributed by atoms with van der Waals surface area (Å²) in [6, 6.07) is 16.7. The van der Waals surface area contributed by atoms with E-state index in [4.69, 9.17) is 4.74 Å². The summed E-state index contributed by atoms with van der Waals surface area (Å²) < 4.78 is 7.60. The van der Waals surface area contributed by atoms with Crippen LogP contribution >= 0.6 is 0 Å². The SMILES string of the molecule is COCc1ccc(-c2ccncc2)n1-c1ccccc1C. The lowest BCUT2D eigenvalue weighted by atomic mass is 10.1. The molecule has 3 rings (SSSR count). The minimum atomic E-state index is 0.583. The molecule has 0 unspecified atom stereocenters. The zero-order valence-corrected chi connectivity index (χ0v) is 12.3. The summed E-state index contributed by atoms with van der Waals surface area (Å²) >= 11 is 0. The van der Waals surface area contributed by atoms with Crippen molar-refractivity contribution in [2.24, 2.45) is 0 Å². The van der Waals surface area contributed by atoms with Gasteiger partial charge in [0.2, 0.25) is 0 Å². The quantitative estimate of drug-likeness (QED) is 0.721. The lowest BCUT2D eigenvalue weighted by Crippen LogP contribution is -2.04. The molecule has 0 saturated carbocycles. The number of hydrogen-bond donors (Lipinski definition) is 0. The minimum absolute atomic E-state index is 0.583. The van der Waals surface area contributed by atoms with Gasteiger partial charge in [0.1, 0.15) is 0 Å². The molecule has 21 heavy (non-hydrogen) atoms. The summed E-state index contributed by atoms with van der Waals surface area (Å²) in [6.45, 7) is 2.71. The second kappa shape index (κ2) is 5.94. The molecule has 106 valence electrons. The van der Waals surface area contributed by atoms with Gasteiger partial charge in [-0.15, -0.1) is 0 Å². The molecule has 0 aliphatic heterocycles. The predicted molar refractivity (Wildman–Crippen MR) is 84.5 cm³/mol. The fraction of sp³-hybridized carbons (Fsp3) is 0.167. The Bertz CT molecular complexity index is 732. The number of ether oxygens (including phenoxy) is 1. The van der Waals surface area contributed by atoms with Crippen LogP contribution in [0.5, 0.6) is 0 Å². The van der Waals surface area contributed by atoms with Gasteiger partial charge in [-0.3, -0.25) is 4.98 Å². The largest absolute Gasteiger partial charge is 0.378 e. The number of benzene rings is 1. The summed E-state index contributed by atoms with van der Waals surface area (Å²) in [7, 11) is 1.72. The summed E-state index contributed by atoms with van der Waals surface area (Å²) in [5.41, 5.74) is 5.86. The molecule has 0 aliphatic carbocycles. The second-order valence-electron chi connectivity index (χ2n) is 5.00. The van der Waals surface area contributed by atoms with Gasteiger partial charge in [0.25, 0.3) is 0 Å². The zero-order chi connectivity index (χ0) is 14.7. The van der Waals surface area contributed by atoms with E-state index in [1.54, 1.807) is 7.11 Å². The van der Waals surface area contributed by atoms with Gasteiger partial charge < -0.3 is 9.30 Å². The maximum absolute atomic E-state index is 5.35. The zero-order valence-electron chi connectivity index (χ0n) is 12.3. The first-order valence-electron chi connectivity index (χ1n) is 6.97. The van der Waals surface area contributed by atoms with Gasteiger partial charge in [-0.25, -0.2) is 0 Å². The maximum Gasteiger partial charge on any atom is 0.0867 e. The van der Waals surface area contributed by atoms with Crippen molar-refractivity contribution in [1.82, 2.24) is 9.55 Å². The van der Waals surface area contributed by atoms with Gasteiger partial charge in [0, 0.05) is 36.4 Å². The molecule has 0 saturated heterocycles. The Balaban J connectivity index is 2.21. The molecule has 1 aromatic carbocycles. The average Bonchev–Trinajstić information content (AvgIpc) is 2.93. The summed E-state index contributed by atoms with van der Waals surface area (Å²) in [5, 5.41) is 0. The van der Waals surface area contributed by atoms with Crippen molar-refractivity contribution in [2.45, 2.75) is 13.5 Å². The number of para-hydroxylation sites is 1. The first-order chi connectivity index (χ1) is 10.3. The molecule has 2 aromatic heterocycles. The molecule has 0 aliphatic rings. The number of methoxy groups -OCH3 is 1. The van der Waals surface area contributed by atoms with Gasteiger partial charge >= 0.3 is 0 Å². The van der Waals surface area contributed by atoms with Crippen molar-refractivity contribution in [3.8, 4) is 16.9 Å². The Morgan fingerprint density at radius 2 is 1.76 bits per heavy atom. The van der Waals surface area contributed by atoms with Crippen molar-refractivity contribution in [3.05, 3.63) is 72.2 Å². The van der Waals surface area contributed by atoms with Crippen molar-refractivity contribution >= 4 is 0 Å². The van der Waals surface area contributed by atoms with E-state index in [1.165, 1.54) is 11.3 Å². The third-order valence-electron chi connectivity index (χ3n) is 3.59. The summed E-state index contributed by atoms with van der Waals surface area (Å²) in [5.74, 6) is 0. The van der Waals surface area contributed by atoms with Gasteiger partial charge in [-0.05, 0) is 42.8 Å². The molecular formula is C18H18N2O. The third kappa shape index (κ3) is 2.60. The van der Waals surface area contributed by atoms with Crippen LogP contribution in [-0.4, -0.2) is 16.7 Å². The molecule has 0 amide bonds. The second-order valence-corrected chi connectivity index (χ2v) is 5.00. The Morgan fingerprint density at radius 3 is 2.48 bits per heavy atom. The van der Waals surface area contributed by atoms with E-state index in [0.717, 1.165) is 17.0 Å². The number of rotatable bonds is 4. The van der Waals surface area contributed by atoms with Crippen molar-refractivity contribution in [1.29, 1.82) is 0 Å². The van der Waals surface area contributed by atoms with Gasteiger partial charge in [-0.2, -0.15) is 0 Å². The first kappa shape index (κ1) is 13.6. The number of pyridine rings is 1. The van der Waals surface area contributed by atoms with E-state index < -0.39 is 0 Å². The Morgan fingerprint density at radius 1 is 1.00 bits per heavy atom. The number of hydrogen-bond acceptors (Lipinski definition) is 2.